The molecule has 1 aliphatic rings. The smallest absolute Gasteiger partial charge is 0.344 e. The summed E-state index contributed by atoms with van der Waals surface area (Å²) < 4.78 is 39.8. The van der Waals surface area contributed by atoms with Crippen LogP contribution in [0.5, 0.6) is 17.5 Å². The van der Waals surface area contributed by atoms with Crippen molar-refractivity contribution >= 4 is 11.9 Å². The number of rotatable bonds is 11. The number of pyridine rings is 1. The van der Waals surface area contributed by atoms with Crippen molar-refractivity contribution in [3.8, 4) is 34.7 Å². The van der Waals surface area contributed by atoms with Crippen molar-refractivity contribution in [1.29, 1.82) is 5.26 Å². The molecule has 1 atom stereocenters. The molecule has 9 nitrogen and oxygen atoms in total. The van der Waals surface area contributed by atoms with Gasteiger partial charge in [-0.25, -0.2) is 13.6 Å². The topological polar surface area (TPSA) is 148 Å². The lowest BCUT2D eigenvalue weighted by Crippen LogP contribution is -2.30. The SMILES string of the molecule is CCC(Oc1nc(Oc2cc(CNC(=O)C3(C#N)CC3)cc(-c3cccc(CN)c3)c2)c(F)cc1F)C(=O)O. The van der Waals surface area contributed by atoms with Crippen molar-refractivity contribution in [2.45, 2.75) is 45.4 Å². The van der Waals surface area contributed by atoms with Crippen molar-refractivity contribution in [1.82, 2.24) is 10.3 Å². The van der Waals surface area contributed by atoms with E-state index in [1.807, 2.05) is 30.3 Å². The van der Waals surface area contributed by atoms with Crippen LogP contribution in [-0.2, 0) is 22.7 Å². The summed E-state index contributed by atoms with van der Waals surface area (Å²) in [6.07, 6.45) is -0.371. The van der Waals surface area contributed by atoms with E-state index in [2.05, 4.69) is 10.3 Å². The minimum atomic E-state index is -1.39. The Morgan fingerprint density at radius 3 is 2.49 bits per heavy atom. The summed E-state index contributed by atoms with van der Waals surface area (Å²) in [6.45, 7) is 1.91. The van der Waals surface area contributed by atoms with Crippen LogP contribution in [0.1, 0.15) is 37.3 Å². The number of nitrogens with two attached hydrogens (primary N) is 1. The highest BCUT2D eigenvalue weighted by Crippen LogP contribution is 2.45. The molecule has 3 aromatic rings. The Morgan fingerprint density at radius 1 is 1.13 bits per heavy atom. The van der Waals surface area contributed by atoms with Crippen LogP contribution in [-0.4, -0.2) is 28.1 Å². The molecule has 11 heteroatoms. The number of carboxylic acids is 1. The van der Waals surface area contributed by atoms with Crippen molar-refractivity contribution in [3.05, 3.63) is 71.3 Å². The average Bonchev–Trinajstić information content (AvgIpc) is 3.74. The first-order valence-corrected chi connectivity index (χ1v) is 12.2. The number of hydrogen-bond donors (Lipinski definition) is 3. The number of carbonyl (C=O) groups excluding carboxylic acids is 1. The second kappa shape index (κ2) is 11.4. The molecule has 1 amide bonds. The number of nitriles is 1. The van der Waals surface area contributed by atoms with Crippen LogP contribution < -0.4 is 20.5 Å². The second-order valence-corrected chi connectivity index (χ2v) is 9.16. The van der Waals surface area contributed by atoms with Gasteiger partial charge in [0.2, 0.25) is 5.91 Å². The van der Waals surface area contributed by atoms with Gasteiger partial charge in [0.05, 0.1) is 6.07 Å². The lowest BCUT2D eigenvalue weighted by atomic mass is 10.00. The van der Waals surface area contributed by atoms with Gasteiger partial charge in [0.1, 0.15) is 11.2 Å². The zero-order chi connectivity index (χ0) is 28.2. The van der Waals surface area contributed by atoms with Gasteiger partial charge in [0.25, 0.3) is 11.8 Å². The normalized spacial score (nSPS) is 14.1. The van der Waals surface area contributed by atoms with Crippen molar-refractivity contribution in [2.24, 2.45) is 11.1 Å². The number of hydrogen-bond acceptors (Lipinski definition) is 7. The molecule has 1 aromatic heterocycles. The maximum atomic E-state index is 14.6. The molecular weight excluding hydrogens is 510 g/mol. The molecule has 0 bridgehead atoms. The molecule has 1 fully saturated rings. The number of benzene rings is 2. The monoisotopic (exact) mass is 536 g/mol. The Bertz CT molecular complexity index is 1450. The molecule has 39 heavy (non-hydrogen) atoms. The number of nitrogens with zero attached hydrogens (tertiary/aromatic N) is 2. The van der Waals surface area contributed by atoms with Gasteiger partial charge in [-0.1, -0.05) is 25.1 Å². The molecule has 4 N–H and O–H groups in total. The van der Waals surface area contributed by atoms with Gasteiger partial charge in [-0.3, -0.25) is 4.79 Å². The zero-order valence-electron chi connectivity index (χ0n) is 21.0. The van der Waals surface area contributed by atoms with Gasteiger partial charge in [-0.05, 0) is 65.8 Å². The summed E-state index contributed by atoms with van der Waals surface area (Å²) >= 11 is 0. The number of aromatic nitrogens is 1. The van der Waals surface area contributed by atoms with E-state index in [4.69, 9.17) is 15.2 Å². The summed E-state index contributed by atoms with van der Waals surface area (Å²) in [7, 11) is 0. The Hall–Kier alpha value is -4.56. The van der Waals surface area contributed by atoms with Gasteiger partial charge in [-0.2, -0.15) is 10.2 Å². The van der Waals surface area contributed by atoms with Crippen molar-refractivity contribution < 1.29 is 33.0 Å². The van der Waals surface area contributed by atoms with E-state index in [1.54, 1.807) is 18.2 Å². The van der Waals surface area contributed by atoms with Gasteiger partial charge in [-0.15, -0.1) is 0 Å². The molecule has 0 radical (unpaired) electrons. The number of aliphatic carboxylic acids is 1. The molecule has 1 aliphatic carbocycles. The number of halogens is 2. The summed E-state index contributed by atoms with van der Waals surface area (Å²) in [6, 6.07) is 14.9. The summed E-state index contributed by atoms with van der Waals surface area (Å²) in [4.78, 5) is 27.5. The molecule has 1 heterocycles. The molecule has 0 spiro atoms. The highest BCUT2D eigenvalue weighted by molar-refractivity contribution is 5.88. The van der Waals surface area contributed by atoms with E-state index in [9.17, 15) is 28.7 Å². The van der Waals surface area contributed by atoms with Gasteiger partial charge >= 0.3 is 5.97 Å². The number of amides is 1. The van der Waals surface area contributed by atoms with Crippen LogP contribution in [0.25, 0.3) is 11.1 Å². The average molecular weight is 537 g/mol. The molecule has 1 unspecified atom stereocenters. The minimum Gasteiger partial charge on any atom is -0.479 e. The first kappa shape index (κ1) is 27.5. The Balaban J connectivity index is 1.67. The van der Waals surface area contributed by atoms with Crippen molar-refractivity contribution in [2.75, 3.05) is 0 Å². The molecule has 2 aromatic carbocycles. The maximum Gasteiger partial charge on any atom is 0.344 e. The predicted molar refractivity (Wildman–Crippen MR) is 135 cm³/mol. The van der Waals surface area contributed by atoms with E-state index >= 15 is 0 Å². The highest BCUT2D eigenvalue weighted by atomic mass is 19.1. The van der Waals surface area contributed by atoms with Crippen LogP contribution in [0.2, 0.25) is 0 Å². The lowest BCUT2D eigenvalue weighted by molar-refractivity contribution is -0.145. The second-order valence-electron chi connectivity index (χ2n) is 9.16. The van der Waals surface area contributed by atoms with Crippen LogP contribution >= 0.6 is 0 Å². The fraction of sp³-hybridized carbons (Fsp3) is 0.286. The van der Waals surface area contributed by atoms with Crippen molar-refractivity contribution in [3.63, 3.8) is 0 Å². The number of carbonyl (C=O) groups is 2. The van der Waals surface area contributed by atoms with Gasteiger partial charge < -0.3 is 25.6 Å². The Kier molecular flexibility index (Phi) is 8.07. The number of carboxylic acid groups (broad SMARTS) is 1. The maximum absolute atomic E-state index is 14.6. The van der Waals surface area contributed by atoms with E-state index in [1.165, 1.54) is 6.92 Å². The quantitative estimate of drug-likeness (QED) is 0.326. The molecule has 0 aliphatic heterocycles. The Labute approximate surface area is 223 Å². The largest absolute Gasteiger partial charge is 0.479 e. The van der Waals surface area contributed by atoms with E-state index < -0.39 is 40.9 Å². The Morgan fingerprint density at radius 2 is 1.85 bits per heavy atom. The third-order valence-electron chi connectivity index (χ3n) is 6.29. The molecule has 4 rings (SSSR count). The van der Waals surface area contributed by atoms with Gasteiger partial charge in [0.15, 0.2) is 17.7 Å². The number of nitrogens with one attached hydrogen (secondary N) is 1. The first-order valence-electron chi connectivity index (χ1n) is 12.2. The van der Waals surface area contributed by atoms with Crippen LogP contribution in [0.15, 0.2) is 48.5 Å². The van der Waals surface area contributed by atoms with Crippen LogP contribution in [0.3, 0.4) is 0 Å². The number of ether oxygens (including phenoxy) is 2. The predicted octanol–water partition coefficient (Wildman–Crippen LogP) is 4.44. The standard InChI is InChI=1S/C28H26F2N4O5/c1-2-23(26(35)36)39-25-22(30)12-21(29)24(34-25)38-20-10-17(14-33-27(37)28(15-32)6-7-28)9-19(11-20)18-5-3-4-16(8-18)13-31/h3-5,8-12,23H,2,6-7,13-14,31H2,1H3,(H,33,37)(H,35,36). The van der Waals surface area contributed by atoms with Crippen LogP contribution in [0, 0.1) is 28.4 Å². The molecule has 202 valence electrons. The first-order chi connectivity index (χ1) is 18.7. The van der Waals surface area contributed by atoms with E-state index in [0.717, 1.165) is 11.1 Å². The minimum absolute atomic E-state index is 0.0239. The molecule has 1 saturated carbocycles. The molecular formula is C28H26F2N4O5. The summed E-state index contributed by atoms with van der Waals surface area (Å²) in [5.41, 5.74) is 7.66. The zero-order valence-corrected chi connectivity index (χ0v) is 21.0. The summed E-state index contributed by atoms with van der Waals surface area (Å²) in [5, 5.41) is 21.3. The lowest BCUT2D eigenvalue weighted by Gasteiger charge is -2.15. The third kappa shape index (κ3) is 6.30. The fourth-order valence-electron chi connectivity index (χ4n) is 3.88. The highest BCUT2D eigenvalue weighted by Gasteiger charge is 2.50. The molecule has 0 saturated heterocycles. The fourth-order valence-corrected chi connectivity index (χ4v) is 3.88. The summed E-state index contributed by atoms with van der Waals surface area (Å²) in [5.74, 6) is -5.23. The van der Waals surface area contributed by atoms with E-state index in [-0.39, 0.29) is 24.6 Å². The van der Waals surface area contributed by atoms with Gasteiger partial charge in [0, 0.05) is 19.2 Å². The van der Waals surface area contributed by atoms with Crippen LogP contribution in [0.4, 0.5) is 8.78 Å². The third-order valence-corrected chi connectivity index (χ3v) is 6.29. The van der Waals surface area contributed by atoms with E-state index in [0.29, 0.717) is 36.6 Å².